The van der Waals surface area contributed by atoms with Gasteiger partial charge < -0.3 is 20.5 Å². The van der Waals surface area contributed by atoms with Crippen molar-refractivity contribution in [1.29, 1.82) is 0 Å². The molecule has 0 heterocycles. The predicted octanol–water partition coefficient (Wildman–Crippen LogP) is 3.83. The molecule has 3 rings (SSSR count). The Morgan fingerprint density at radius 3 is 2.00 bits per heavy atom. The zero-order chi connectivity index (χ0) is 24.4. The number of benzene rings is 2. The molecule has 1 aliphatic carbocycles. The second-order valence-electron chi connectivity index (χ2n) is 7.92. The van der Waals surface area contributed by atoms with Crippen molar-refractivity contribution in [3.63, 3.8) is 0 Å². The number of fused-ring (bicyclic) bond motifs is 3. The van der Waals surface area contributed by atoms with E-state index in [0.29, 0.717) is 0 Å². The predicted molar refractivity (Wildman–Crippen MR) is 113 cm³/mol. The van der Waals surface area contributed by atoms with Crippen molar-refractivity contribution in [3.05, 3.63) is 59.7 Å². The van der Waals surface area contributed by atoms with Crippen LogP contribution in [0.2, 0.25) is 0 Å². The van der Waals surface area contributed by atoms with Gasteiger partial charge in [0.05, 0.1) is 0 Å². The van der Waals surface area contributed by atoms with Crippen molar-refractivity contribution in [3.8, 4) is 11.1 Å². The van der Waals surface area contributed by atoms with E-state index < -0.39 is 35.7 Å². The maximum Gasteiger partial charge on any atom is 0.417 e. The van der Waals surface area contributed by atoms with Gasteiger partial charge in [0, 0.05) is 5.92 Å². The zero-order valence-electron chi connectivity index (χ0n) is 17.9. The summed E-state index contributed by atoms with van der Waals surface area (Å²) in [7, 11) is 0. The fourth-order valence-electron chi connectivity index (χ4n) is 3.69. The summed E-state index contributed by atoms with van der Waals surface area (Å²) in [6, 6.07) is 11.9. The van der Waals surface area contributed by atoms with Crippen LogP contribution in [0.25, 0.3) is 11.1 Å². The number of rotatable bonds is 7. The molecule has 2 amide bonds. The Labute approximate surface area is 187 Å². The molecule has 2 aromatic carbocycles. The first kappa shape index (κ1) is 24.1. The molecule has 0 saturated carbocycles. The Morgan fingerprint density at radius 2 is 1.55 bits per heavy atom. The van der Waals surface area contributed by atoms with E-state index in [1.54, 1.807) is 0 Å². The average Bonchev–Trinajstić information content (AvgIpc) is 3.08. The number of carbonyl (C=O) groups is 3. The van der Waals surface area contributed by atoms with Crippen LogP contribution >= 0.6 is 0 Å². The highest BCUT2D eigenvalue weighted by Crippen LogP contribution is 2.44. The van der Waals surface area contributed by atoms with Crippen LogP contribution in [0, 0.1) is 0 Å². The highest BCUT2D eigenvalue weighted by atomic mass is 19.4. The third-order valence-electron chi connectivity index (χ3n) is 5.77. The first-order valence-electron chi connectivity index (χ1n) is 10.2. The molecule has 3 N–H and O–H groups in total. The molecule has 1 aliphatic rings. The second kappa shape index (κ2) is 9.13. The van der Waals surface area contributed by atoms with E-state index in [4.69, 9.17) is 4.74 Å². The molecular formula is C23H23F3N2O5. The fraction of sp³-hybridized carbons (Fsp3) is 0.348. The zero-order valence-corrected chi connectivity index (χ0v) is 17.9. The minimum absolute atomic E-state index is 0.163. The third-order valence-corrected chi connectivity index (χ3v) is 5.77. The Kier molecular flexibility index (Phi) is 6.66. The van der Waals surface area contributed by atoms with Gasteiger partial charge in [0.1, 0.15) is 12.1 Å². The number of amides is 2. The molecule has 33 heavy (non-hydrogen) atoms. The van der Waals surface area contributed by atoms with Gasteiger partial charge >= 0.3 is 18.2 Å². The minimum atomic E-state index is -5.16. The van der Waals surface area contributed by atoms with Crippen molar-refractivity contribution in [1.82, 2.24) is 10.6 Å². The molecule has 10 heteroatoms. The molecule has 0 spiro atoms. The molecule has 0 aliphatic heterocycles. The van der Waals surface area contributed by atoms with Gasteiger partial charge in [-0.3, -0.25) is 4.79 Å². The second-order valence-corrected chi connectivity index (χ2v) is 7.92. The van der Waals surface area contributed by atoms with Gasteiger partial charge in [0.15, 0.2) is 0 Å². The van der Waals surface area contributed by atoms with E-state index in [2.05, 4.69) is 0 Å². The molecule has 2 unspecified atom stereocenters. The molecule has 7 nitrogen and oxygen atoms in total. The molecule has 2 aromatic rings. The summed E-state index contributed by atoms with van der Waals surface area (Å²) in [4.78, 5) is 35.8. The van der Waals surface area contributed by atoms with E-state index in [1.165, 1.54) is 12.2 Å². The van der Waals surface area contributed by atoms with Crippen LogP contribution in [0.5, 0.6) is 0 Å². The molecule has 0 bridgehead atoms. The Hall–Kier alpha value is -3.56. The summed E-state index contributed by atoms with van der Waals surface area (Å²) < 4.78 is 45.5. The van der Waals surface area contributed by atoms with Gasteiger partial charge in [0.25, 0.3) is 5.91 Å². The summed E-state index contributed by atoms with van der Waals surface area (Å²) in [5.74, 6) is -3.57. The topological polar surface area (TPSA) is 105 Å². The highest BCUT2D eigenvalue weighted by molar-refractivity contribution is 5.91. The number of alkyl carbamates (subject to hydrolysis) is 1. The van der Waals surface area contributed by atoms with Crippen molar-refractivity contribution in [2.45, 2.75) is 43.9 Å². The lowest BCUT2D eigenvalue weighted by molar-refractivity contribution is -0.170. The lowest BCUT2D eigenvalue weighted by Gasteiger charge is -2.28. The smallest absolute Gasteiger partial charge is 0.417 e. The summed E-state index contributed by atoms with van der Waals surface area (Å²) >= 11 is 0. The SMILES string of the molecule is CCC(C)(NC(=O)C(NC(=O)OCC1c2ccccc2-c2ccccc21)C(F)(F)F)C(=O)O. The Morgan fingerprint density at radius 1 is 1.03 bits per heavy atom. The molecule has 0 aromatic heterocycles. The van der Waals surface area contributed by atoms with E-state index in [9.17, 15) is 32.7 Å². The van der Waals surface area contributed by atoms with E-state index >= 15 is 0 Å². The first-order valence-corrected chi connectivity index (χ1v) is 10.2. The fourth-order valence-corrected chi connectivity index (χ4v) is 3.69. The largest absolute Gasteiger partial charge is 0.480 e. The van der Waals surface area contributed by atoms with Crippen LogP contribution in [-0.4, -0.2) is 47.4 Å². The highest BCUT2D eigenvalue weighted by Gasteiger charge is 2.49. The molecule has 0 fully saturated rings. The number of carboxylic acid groups (broad SMARTS) is 1. The molecular weight excluding hydrogens is 441 g/mol. The van der Waals surface area contributed by atoms with Gasteiger partial charge in [-0.2, -0.15) is 13.2 Å². The number of halogens is 3. The number of hydrogen-bond donors (Lipinski definition) is 3. The molecule has 0 saturated heterocycles. The summed E-state index contributed by atoms with van der Waals surface area (Å²) in [5, 5.41) is 12.6. The maximum atomic E-state index is 13.5. The van der Waals surface area contributed by atoms with Gasteiger partial charge in [-0.1, -0.05) is 55.5 Å². The lowest BCUT2D eigenvalue weighted by Crippen LogP contribution is -2.61. The Balaban J connectivity index is 1.72. The van der Waals surface area contributed by atoms with Crippen LogP contribution in [0.4, 0.5) is 18.0 Å². The van der Waals surface area contributed by atoms with Crippen LogP contribution in [0.1, 0.15) is 37.3 Å². The first-order chi connectivity index (χ1) is 15.5. The molecule has 2 atom stereocenters. The quantitative estimate of drug-likeness (QED) is 0.578. The summed E-state index contributed by atoms with van der Waals surface area (Å²) in [5.41, 5.74) is 1.71. The van der Waals surface area contributed by atoms with Crippen LogP contribution in [0.15, 0.2) is 48.5 Å². The van der Waals surface area contributed by atoms with Crippen LogP contribution in [0.3, 0.4) is 0 Å². The van der Waals surface area contributed by atoms with E-state index in [1.807, 2.05) is 53.8 Å². The van der Waals surface area contributed by atoms with Gasteiger partial charge in [0.2, 0.25) is 6.04 Å². The maximum absolute atomic E-state index is 13.5. The Bertz CT molecular complexity index is 1030. The number of nitrogens with one attached hydrogen (secondary N) is 2. The van der Waals surface area contributed by atoms with Crippen LogP contribution in [-0.2, 0) is 14.3 Å². The van der Waals surface area contributed by atoms with E-state index in [-0.39, 0.29) is 18.9 Å². The third kappa shape index (κ3) is 4.94. The molecule has 176 valence electrons. The standard InChI is InChI=1S/C23H23F3N2O5/c1-3-22(2,20(30)31)28-19(29)18(23(24,25)26)27-21(32)33-12-17-15-10-6-4-8-13(15)14-9-5-7-11-16(14)17/h4-11,17-18H,3,12H2,1-2H3,(H,27,32)(H,28,29)(H,30,31). The van der Waals surface area contributed by atoms with Crippen molar-refractivity contribution in [2.75, 3.05) is 6.61 Å². The van der Waals surface area contributed by atoms with Gasteiger partial charge in [-0.25, -0.2) is 9.59 Å². The van der Waals surface area contributed by atoms with E-state index in [0.717, 1.165) is 29.2 Å². The summed E-state index contributed by atoms with van der Waals surface area (Å²) in [6.45, 7) is 2.23. The number of alkyl halides is 3. The summed E-state index contributed by atoms with van der Waals surface area (Å²) in [6.07, 6.45) is -6.77. The number of hydrogen-bond acceptors (Lipinski definition) is 4. The lowest BCUT2D eigenvalue weighted by atomic mass is 9.98. The van der Waals surface area contributed by atoms with Gasteiger partial charge in [-0.15, -0.1) is 0 Å². The van der Waals surface area contributed by atoms with Crippen molar-refractivity contribution < 1.29 is 37.4 Å². The molecule has 0 radical (unpaired) electrons. The number of aliphatic carboxylic acids is 1. The number of carboxylic acids is 1. The minimum Gasteiger partial charge on any atom is -0.480 e. The average molecular weight is 464 g/mol. The monoisotopic (exact) mass is 464 g/mol. The normalized spacial score (nSPS) is 15.5. The number of carbonyl (C=O) groups excluding carboxylic acids is 2. The van der Waals surface area contributed by atoms with Crippen LogP contribution < -0.4 is 10.6 Å². The van der Waals surface area contributed by atoms with Crippen molar-refractivity contribution >= 4 is 18.0 Å². The van der Waals surface area contributed by atoms with Crippen molar-refractivity contribution in [2.24, 2.45) is 0 Å². The van der Waals surface area contributed by atoms with Gasteiger partial charge in [-0.05, 0) is 35.6 Å². The number of ether oxygens (including phenoxy) is 1.